The Hall–Kier alpha value is -0.570. The Morgan fingerprint density at radius 2 is 2.22 bits per heavy atom. The highest BCUT2D eigenvalue weighted by Gasteiger charge is 2.17. The molecule has 1 heterocycles. The van der Waals surface area contributed by atoms with Crippen molar-refractivity contribution in [3.05, 3.63) is 34.9 Å². The fraction of sp³-hybridized carbons (Fsp3) is 0.600. The van der Waals surface area contributed by atoms with Crippen molar-refractivity contribution >= 4 is 11.6 Å². The number of hydrogen-bond acceptors (Lipinski definition) is 2. The molecule has 0 saturated carbocycles. The van der Waals surface area contributed by atoms with Gasteiger partial charge in [-0.3, -0.25) is 0 Å². The fourth-order valence-electron chi connectivity index (χ4n) is 2.62. The first-order valence-corrected chi connectivity index (χ1v) is 7.16. The van der Waals surface area contributed by atoms with Gasteiger partial charge in [0.05, 0.1) is 6.10 Å². The van der Waals surface area contributed by atoms with Crippen molar-refractivity contribution < 1.29 is 9.84 Å². The second-order valence-corrected chi connectivity index (χ2v) is 5.37. The molecule has 2 atom stereocenters. The van der Waals surface area contributed by atoms with Gasteiger partial charge in [-0.2, -0.15) is 0 Å². The first kappa shape index (κ1) is 13.9. The van der Waals surface area contributed by atoms with E-state index in [1.807, 2.05) is 24.3 Å². The monoisotopic (exact) mass is 268 g/mol. The van der Waals surface area contributed by atoms with Crippen LogP contribution in [0.5, 0.6) is 0 Å². The van der Waals surface area contributed by atoms with Gasteiger partial charge in [-0.1, -0.05) is 36.2 Å². The Kier molecular flexibility index (Phi) is 5.48. The lowest BCUT2D eigenvalue weighted by molar-refractivity contribution is 0.101. The van der Waals surface area contributed by atoms with Crippen molar-refractivity contribution in [3.8, 4) is 0 Å². The van der Waals surface area contributed by atoms with Crippen LogP contribution in [-0.2, 0) is 4.74 Å². The molecule has 1 aromatic carbocycles. The lowest BCUT2D eigenvalue weighted by atomic mass is 9.93. The standard InChI is InChI=1S/C15H21ClO2/c16-15-9-2-1-8-14(15)12(11-17)5-3-6-13-7-4-10-18-13/h1-2,8-9,12-13,17H,3-7,10-11H2. The molecule has 1 aliphatic heterocycles. The van der Waals surface area contributed by atoms with Crippen LogP contribution in [0.2, 0.25) is 5.02 Å². The van der Waals surface area contributed by atoms with Gasteiger partial charge in [0, 0.05) is 24.2 Å². The van der Waals surface area contributed by atoms with E-state index >= 15 is 0 Å². The summed E-state index contributed by atoms with van der Waals surface area (Å²) in [5.41, 5.74) is 1.06. The van der Waals surface area contributed by atoms with Gasteiger partial charge >= 0.3 is 0 Å². The molecule has 1 N–H and O–H groups in total. The van der Waals surface area contributed by atoms with Crippen LogP contribution in [-0.4, -0.2) is 24.4 Å². The first-order chi connectivity index (χ1) is 8.81. The highest BCUT2D eigenvalue weighted by Crippen LogP contribution is 2.29. The zero-order valence-electron chi connectivity index (χ0n) is 10.6. The second kappa shape index (κ2) is 7.13. The predicted molar refractivity (Wildman–Crippen MR) is 74.1 cm³/mol. The van der Waals surface area contributed by atoms with Gasteiger partial charge in [0.1, 0.15) is 0 Å². The Morgan fingerprint density at radius 1 is 1.39 bits per heavy atom. The zero-order valence-corrected chi connectivity index (χ0v) is 11.4. The molecule has 0 amide bonds. The van der Waals surface area contributed by atoms with Crippen molar-refractivity contribution in [2.24, 2.45) is 0 Å². The molecule has 0 aromatic heterocycles. The summed E-state index contributed by atoms with van der Waals surface area (Å²) in [4.78, 5) is 0. The van der Waals surface area contributed by atoms with Crippen LogP contribution in [0.15, 0.2) is 24.3 Å². The molecular weight excluding hydrogens is 248 g/mol. The Bertz CT molecular complexity index is 361. The summed E-state index contributed by atoms with van der Waals surface area (Å²) in [5.74, 6) is 0.153. The van der Waals surface area contributed by atoms with Crippen LogP contribution in [0.3, 0.4) is 0 Å². The molecule has 0 radical (unpaired) electrons. The molecule has 1 aromatic rings. The quantitative estimate of drug-likeness (QED) is 0.851. The SMILES string of the molecule is OCC(CCCC1CCCO1)c1ccccc1Cl. The van der Waals surface area contributed by atoms with Gasteiger partial charge in [0.2, 0.25) is 0 Å². The summed E-state index contributed by atoms with van der Waals surface area (Å²) in [7, 11) is 0. The van der Waals surface area contributed by atoms with E-state index < -0.39 is 0 Å². The Labute approximate surface area is 114 Å². The molecule has 1 saturated heterocycles. The van der Waals surface area contributed by atoms with Gasteiger partial charge in [0.25, 0.3) is 0 Å². The van der Waals surface area contributed by atoms with E-state index in [9.17, 15) is 5.11 Å². The van der Waals surface area contributed by atoms with E-state index in [4.69, 9.17) is 16.3 Å². The Balaban J connectivity index is 1.83. The molecule has 2 rings (SSSR count). The van der Waals surface area contributed by atoms with Gasteiger partial charge in [-0.05, 0) is 37.3 Å². The van der Waals surface area contributed by atoms with Crippen molar-refractivity contribution in [2.45, 2.75) is 44.1 Å². The highest BCUT2D eigenvalue weighted by molar-refractivity contribution is 6.31. The van der Waals surface area contributed by atoms with E-state index in [2.05, 4.69) is 0 Å². The van der Waals surface area contributed by atoms with Gasteiger partial charge in [-0.25, -0.2) is 0 Å². The third-order valence-electron chi connectivity index (χ3n) is 3.67. The van der Waals surface area contributed by atoms with Crippen LogP contribution in [0.4, 0.5) is 0 Å². The van der Waals surface area contributed by atoms with E-state index in [1.165, 1.54) is 12.8 Å². The van der Waals surface area contributed by atoms with E-state index in [0.717, 1.165) is 36.5 Å². The molecule has 0 aliphatic carbocycles. The summed E-state index contributed by atoms with van der Waals surface area (Å²) >= 11 is 6.17. The number of halogens is 1. The molecule has 1 fully saturated rings. The largest absolute Gasteiger partial charge is 0.396 e. The minimum absolute atomic E-state index is 0.153. The van der Waals surface area contributed by atoms with Gasteiger partial charge in [0.15, 0.2) is 0 Å². The smallest absolute Gasteiger partial charge is 0.0576 e. The second-order valence-electron chi connectivity index (χ2n) is 4.97. The number of aliphatic hydroxyl groups is 1. The Morgan fingerprint density at radius 3 is 2.89 bits per heavy atom. The number of hydrogen-bond donors (Lipinski definition) is 1. The van der Waals surface area contributed by atoms with Crippen molar-refractivity contribution in [2.75, 3.05) is 13.2 Å². The highest BCUT2D eigenvalue weighted by atomic mass is 35.5. The summed E-state index contributed by atoms with van der Waals surface area (Å²) in [6.45, 7) is 1.08. The number of benzene rings is 1. The molecule has 0 bridgehead atoms. The van der Waals surface area contributed by atoms with Crippen molar-refractivity contribution in [1.82, 2.24) is 0 Å². The predicted octanol–water partition coefficient (Wildman–Crippen LogP) is 3.77. The molecular formula is C15H21ClO2. The molecule has 3 heteroatoms. The van der Waals surface area contributed by atoms with Crippen molar-refractivity contribution in [1.29, 1.82) is 0 Å². The topological polar surface area (TPSA) is 29.5 Å². The molecule has 18 heavy (non-hydrogen) atoms. The number of aliphatic hydroxyl groups excluding tert-OH is 1. The van der Waals surface area contributed by atoms with Crippen LogP contribution < -0.4 is 0 Å². The molecule has 1 aliphatic rings. The van der Waals surface area contributed by atoms with E-state index in [0.29, 0.717) is 6.10 Å². The van der Waals surface area contributed by atoms with Crippen molar-refractivity contribution in [3.63, 3.8) is 0 Å². The lowest BCUT2D eigenvalue weighted by Gasteiger charge is -2.17. The summed E-state index contributed by atoms with van der Waals surface area (Å²) < 4.78 is 5.61. The van der Waals surface area contributed by atoms with Gasteiger partial charge < -0.3 is 9.84 Å². The van der Waals surface area contributed by atoms with Gasteiger partial charge in [-0.15, -0.1) is 0 Å². The maximum absolute atomic E-state index is 9.51. The third-order valence-corrected chi connectivity index (χ3v) is 4.01. The maximum Gasteiger partial charge on any atom is 0.0576 e. The summed E-state index contributed by atoms with van der Waals surface area (Å²) in [6, 6.07) is 7.80. The molecule has 2 nitrogen and oxygen atoms in total. The minimum atomic E-state index is 0.153. The summed E-state index contributed by atoms with van der Waals surface area (Å²) in [6.07, 6.45) is 5.98. The van der Waals surface area contributed by atoms with Crippen LogP contribution in [0.25, 0.3) is 0 Å². The summed E-state index contributed by atoms with van der Waals surface area (Å²) in [5, 5.41) is 10.3. The van der Waals surface area contributed by atoms with E-state index in [-0.39, 0.29) is 12.5 Å². The average molecular weight is 269 g/mol. The number of ether oxygens (including phenoxy) is 1. The average Bonchev–Trinajstić information content (AvgIpc) is 2.89. The molecule has 2 unspecified atom stereocenters. The number of rotatable bonds is 6. The van der Waals surface area contributed by atoms with Crippen LogP contribution in [0.1, 0.15) is 43.6 Å². The maximum atomic E-state index is 9.51. The molecule has 100 valence electrons. The van der Waals surface area contributed by atoms with Crippen LogP contribution >= 0.6 is 11.6 Å². The lowest BCUT2D eigenvalue weighted by Crippen LogP contribution is -2.08. The van der Waals surface area contributed by atoms with Crippen LogP contribution in [0, 0.1) is 0 Å². The normalized spacial score (nSPS) is 21.1. The first-order valence-electron chi connectivity index (χ1n) is 6.78. The fourth-order valence-corrected chi connectivity index (χ4v) is 2.91. The molecule has 0 spiro atoms. The zero-order chi connectivity index (χ0) is 12.8. The third kappa shape index (κ3) is 3.71. The minimum Gasteiger partial charge on any atom is -0.396 e. The van der Waals surface area contributed by atoms with E-state index in [1.54, 1.807) is 0 Å².